The van der Waals surface area contributed by atoms with Crippen LogP contribution in [0.4, 0.5) is 8.78 Å². The Hall–Kier alpha value is -1.90. The van der Waals surface area contributed by atoms with E-state index >= 15 is 0 Å². The highest BCUT2D eigenvalue weighted by molar-refractivity contribution is 7.89. The Balaban J connectivity index is 1.68. The highest BCUT2D eigenvalue weighted by atomic mass is 35.5. The number of hydrogen-bond donors (Lipinski definition) is 1. The minimum absolute atomic E-state index is 0.0345. The molecule has 0 amide bonds. The number of sulfonamides is 1. The molecule has 29 heavy (non-hydrogen) atoms. The molecule has 0 radical (unpaired) electrons. The molecule has 2 unspecified atom stereocenters. The lowest BCUT2D eigenvalue weighted by atomic mass is 10.2. The highest BCUT2D eigenvalue weighted by Crippen LogP contribution is 2.59. The largest absolute Gasteiger partial charge is 0.354 e. The molecule has 0 spiro atoms. The molecule has 5 nitrogen and oxygen atoms in total. The minimum atomic E-state index is -3.96. The van der Waals surface area contributed by atoms with Crippen molar-refractivity contribution in [2.45, 2.75) is 17.7 Å². The van der Waals surface area contributed by atoms with Crippen LogP contribution < -0.4 is 4.83 Å². The first-order valence-electron chi connectivity index (χ1n) is 8.84. The second-order valence-electron chi connectivity index (χ2n) is 7.23. The van der Waals surface area contributed by atoms with E-state index in [-0.39, 0.29) is 33.9 Å². The van der Waals surface area contributed by atoms with Crippen LogP contribution in [0.25, 0.3) is 0 Å². The third-order valence-corrected chi connectivity index (χ3v) is 7.14. The van der Waals surface area contributed by atoms with E-state index in [4.69, 9.17) is 23.2 Å². The molecule has 2 aromatic rings. The number of nitrogens with one attached hydrogen (secondary N) is 1. The molecule has 1 N–H and O–H groups in total. The van der Waals surface area contributed by atoms with Crippen molar-refractivity contribution in [3.05, 3.63) is 63.6 Å². The molecule has 0 aromatic heterocycles. The average Bonchev–Trinajstić information content (AvgIpc) is 2.99. The molecule has 154 valence electrons. The smallest absolute Gasteiger partial charge is 0.276 e. The molecule has 2 atom stereocenters. The van der Waals surface area contributed by atoms with Crippen LogP contribution in [0, 0.1) is 18.8 Å². The van der Waals surface area contributed by atoms with Crippen molar-refractivity contribution >= 4 is 39.1 Å². The van der Waals surface area contributed by atoms with Crippen LogP contribution in [0.2, 0.25) is 10.0 Å². The number of benzene rings is 2. The van der Waals surface area contributed by atoms with Gasteiger partial charge in [0.05, 0.1) is 32.3 Å². The standard InChI is InChI=1S/C19H17Cl2F2N3O2S/c1-11-5-7-12(8-6-11)29(27,28)25-24-18(17-15(20)3-2-4-16(17)21)26-9-13-14(10-26)19(13,22)23/h2-8,13-14,25H,9-10H2,1H3/b24-18-. The van der Waals surface area contributed by atoms with Crippen molar-refractivity contribution in [2.24, 2.45) is 16.9 Å². The maximum Gasteiger partial charge on any atom is 0.276 e. The second kappa shape index (κ2) is 7.11. The summed E-state index contributed by atoms with van der Waals surface area (Å²) < 4.78 is 52.5. The Bertz CT molecular complexity index is 1060. The van der Waals surface area contributed by atoms with Crippen LogP contribution in [0.1, 0.15) is 11.1 Å². The SMILES string of the molecule is Cc1ccc(S(=O)(=O)N/N=C(/c2c(Cl)cccc2Cl)N2CC3C(C2)C3(F)F)cc1. The van der Waals surface area contributed by atoms with E-state index in [2.05, 4.69) is 9.93 Å². The van der Waals surface area contributed by atoms with Crippen LogP contribution in [0.3, 0.4) is 0 Å². The van der Waals surface area contributed by atoms with E-state index in [1.165, 1.54) is 12.1 Å². The molecule has 1 aliphatic heterocycles. The lowest BCUT2D eigenvalue weighted by Gasteiger charge is -2.25. The number of aryl methyl sites for hydroxylation is 1. The summed E-state index contributed by atoms with van der Waals surface area (Å²) in [5, 5.41) is 4.56. The van der Waals surface area contributed by atoms with E-state index in [1.54, 1.807) is 35.2 Å². The fraction of sp³-hybridized carbons (Fsp3) is 0.316. The first-order chi connectivity index (χ1) is 13.6. The summed E-state index contributed by atoms with van der Waals surface area (Å²) >= 11 is 12.5. The van der Waals surface area contributed by atoms with E-state index in [0.717, 1.165) is 5.56 Å². The number of alkyl halides is 2. The highest BCUT2D eigenvalue weighted by Gasteiger charge is 2.72. The molecule has 1 heterocycles. The molecule has 4 rings (SSSR count). The van der Waals surface area contributed by atoms with Crippen LogP contribution in [0.15, 0.2) is 52.5 Å². The first kappa shape index (κ1) is 20.4. The number of halogens is 4. The van der Waals surface area contributed by atoms with Gasteiger partial charge in [-0.1, -0.05) is 47.0 Å². The number of hydrogen-bond acceptors (Lipinski definition) is 3. The first-order valence-corrected chi connectivity index (χ1v) is 11.1. The lowest BCUT2D eigenvalue weighted by Crippen LogP contribution is -2.36. The fourth-order valence-corrected chi connectivity index (χ4v) is 4.92. The lowest BCUT2D eigenvalue weighted by molar-refractivity contribution is 0.0645. The fourth-order valence-electron chi connectivity index (χ4n) is 3.55. The normalized spacial score (nSPS) is 23.1. The van der Waals surface area contributed by atoms with Gasteiger partial charge in [-0.15, -0.1) is 5.10 Å². The quantitative estimate of drug-likeness (QED) is 0.424. The van der Waals surface area contributed by atoms with Crippen LogP contribution >= 0.6 is 23.2 Å². The maximum absolute atomic E-state index is 13.6. The van der Waals surface area contributed by atoms with Crippen LogP contribution in [0.5, 0.6) is 0 Å². The van der Waals surface area contributed by atoms with Gasteiger partial charge in [0.15, 0.2) is 5.84 Å². The number of likely N-dealkylation sites (tertiary alicyclic amines) is 1. The zero-order valence-electron chi connectivity index (χ0n) is 15.2. The van der Waals surface area contributed by atoms with Crippen molar-refractivity contribution in [1.29, 1.82) is 0 Å². The van der Waals surface area contributed by atoms with Crippen molar-refractivity contribution in [2.75, 3.05) is 13.1 Å². The molecule has 1 saturated carbocycles. The number of piperidine rings is 1. The molecule has 1 aliphatic carbocycles. The molecule has 2 fully saturated rings. The zero-order chi connectivity index (χ0) is 21.0. The minimum Gasteiger partial charge on any atom is -0.354 e. The predicted octanol–water partition coefficient (Wildman–Crippen LogP) is 4.14. The van der Waals surface area contributed by atoms with Crippen molar-refractivity contribution in [3.63, 3.8) is 0 Å². The zero-order valence-corrected chi connectivity index (χ0v) is 17.6. The molecular weight excluding hydrogens is 443 g/mol. The van der Waals surface area contributed by atoms with Crippen LogP contribution in [-0.2, 0) is 10.0 Å². The van der Waals surface area contributed by atoms with E-state index in [1.807, 2.05) is 6.92 Å². The van der Waals surface area contributed by atoms with Gasteiger partial charge in [-0.05, 0) is 31.2 Å². The summed E-state index contributed by atoms with van der Waals surface area (Å²) in [6, 6.07) is 11.1. The summed E-state index contributed by atoms with van der Waals surface area (Å²) in [6.45, 7) is 1.93. The van der Waals surface area contributed by atoms with E-state index < -0.39 is 27.8 Å². The third kappa shape index (κ3) is 3.69. The Morgan fingerprint density at radius 2 is 1.66 bits per heavy atom. The Morgan fingerprint density at radius 3 is 2.21 bits per heavy atom. The van der Waals surface area contributed by atoms with Gasteiger partial charge in [0.2, 0.25) is 0 Å². The van der Waals surface area contributed by atoms with Gasteiger partial charge in [0, 0.05) is 13.1 Å². The number of fused-ring (bicyclic) bond motifs is 1. The molecule has 0 bridgehead atoms. The topological polar surface area (TPSA) is 61.8 Å². The average molecular weight is 460 g/mol. The molecule has 10 heteroatoms. The van der Waals surface area contributed by atoms with Gasteiger partial charge in [-0.3, -0.25) is 0 Å². The number of rotatable bonds is 4. The Labute approximate surface area is 177 Å². The second-order valence-corrected chi connectivity index (χ2v) is 9.71. The monoisotopic (exact) mass is 459 g/mol. The van der Waals surface area contributed by atoms with E-state index in [0.29, 0.717) is 5.56 Å². The van der Waals surface area contributed by atoms with Crippen molar-refractivity contribution in [1.82, 2.24) is 9.73 Å². The van der Waals surface area contributed by atoms with Gasteiger partial charge in [-0.25, -0.2) is 8.78 Å². The number of nitrogens with zero attached hydrogens (tertiary/aromatic N) is 2. The summed E-state index contributed by atoms with van der Waals surface area (Å²) in [6.07, 6.45) is 0. The Morgan fingerprint density at radius 1 is 1.10 bits per heavy atom. The van der Waals surface area contributed by atoms with Gasteiger partial charge in [-0.2, -0.15) is 13.2 Å². The molecule has 1 saturated heterocycles. The van der Waals surface area contributed by atoms with E-state index in [9.17, 15) is 17.2 Å². The molecular formula is C19H17Cl2F2N3O2S. The van der Waals surface area contributed by atoms with Crippen LogP contribution in [-0.4, -0.2) is 38.2 Å². The van der Waals surface area contributed by atoms with Gasteiger partial charge < -0.3 is 4.90 Å². The molecule has 2 aromatic carbocycles. The maximum atomic E-state index is 13.6. The summed E-state index contributed by atoms with van der Waals surface area (Å²) in [5.41, 5.74) is 1.21. The number of hydrazone groups is 1. The molecule has 2 aliphatic rings. The summed E-state index contributed by atoms with van der Waals surface area (Å²) in [5.74, 6) is -4.11. The van der Waals surface area contributed by atoms with Gasteiger partial charge in [0.1, 0.15) is 0 Å². The summed E-state index contributed by atoms with van der Waals surface area (Å²) in [4.78, 5) is 3.82. The van der Waals surface area contributed by atoms with Gasteiger partial charge >= 0.3 is 0 Å². The number of amidine groups is 1. The van der Waals surface area contributed by atoms with Crippen molar-refractivity contribution < 1.29 is 17.2 Å². The predicted molar refractivity (Wildman–Crippen MR) is 108 cm³/mol. The Kier molecular flexibility index (Phi) is 4.99. The summed E-state index contributed by atoms with van der Waals surface area (Å²) in [7, 11) is -3.96. The van der Waals surface area contributed by atoms with Crippen molar-refractivity contribution in [3.8, 4) is 0 Å². The third-order valence-electron chi connectivity index (χ3n) is 5.29. The van der Waals surface area contributed by atoms with Gasteiger partial charge in [0.25, 0.3) is 15.9 Å².